The zero-order chi connectivity index (χ0) is 14.6. The molecule has 20 heavy (non-hydrogen) atoms. The summed E-state index contributed by atoms with van der Waals surface area (Å²) in [4.78, 5) is 23.0. The van der Waals surface area contributed by atoms with Gasteiger partial charge >= 0.3 is 12.0 Å². The molecular weight excluding hydrogens is 264 g/mol. The number of carboxylic acid groups (broad SMARTS) is 1. The number of nitrogens with one attached hydrogen (secondary N) is 2. The van der Waals surface area contributed by atoms with Gasteiger partial charge in [0.25, 0.3) is 0 Å². The molecule has 110 valence electrons. The van der Waals surface area contributed by atoms with Crippen LogP contribution in [0.5, 0.6) is 0 Å². The number of rotatable bonds is 5. The van der Waals surface area contributed by atoms with Gasteiger partial charge in [0.05, 0.1) is 12.8 Å². The van der Waals surface area contributed by atoms with Crippen LogP contribution in [0.3, 0.4) is 0 Å². The molecule has 2 rings (SSSR count). The van der Waals surface area contributed by atoms with Crippen molar-refractivity contribution in [3.63, 3.8) is 0 Å². The lowest BCUT2D eigenvalue weighted by Crippen LogP contribution is -2.57. The second-order valence-corrected chi connectivity index (χ2v) is 4.84. The molecule has 8 heteroatoms. The quantitative estimate of drug-likeness (QED) is 0.675. The van der Waals surface area contributed by atoms with E-state index in [1.54, 1.807) is 10.9 Å². The molecular formula is C12H18N4O4. The van der Waals surface area contributed by atoms with Crippen LogP contribution < -0.4 is 10.6 Å². The molecule has 1 aliphatic rings. The lowest BCUT2D eigenvalue weighted by molar-refractivity contribution is -0.144. The van der Waals surface area contributed by atoms with E-state index in [2.05, 4.69) is 15.7 Å². The Labute approximate surface area is 116 Å². The Morgan fingerprint density at radius 3 is 2.95 bits per heavy atom. The fourth-order valence-corrected chi connectivity index (χ4v) is 2.07. The highest BCUT2D eigenvalue weighted by atomic mass is 16.5. The predicted molar refractivity (Wildman–Crippen MR) is 69.2 cm³/mol. The number of aliphatic carboxylic acids is 1. The number of hydrogen-bond donors (Lipinski definition) is 3. The number of carbonyl (C=O) groups is 2. The first-order valence-electron chi connectivity index (χ1n) is 6.36. The van der Waals surface area contributed by atoms with E-state index >= 15 is 0 Å². The fraction of sp³-hybridized carbons (Fsp3) is 0.583. The molecule has 0 spiro atoms. The average Bonchev–Trinajstić information content (AvgIpc) is 2.99. The number of amides is 2. The number of ether oxygens (including phenoxy) is 1. The van der Waals surface area contributed by atoms with Gasteiger partial charge < -0.3 is 20.5 Å². The highest BCUT2D eigenvalue weighted by molar-refractivity contribution is 5.86. The largest absolute Gasteiger partial charge is 0.479 e. The zero-order valence-electron chi connectivity index (χ0n) is 11.3. The van der Waals surface area contributed by atoms with Crippen molar-refractivity contribution >= 4 is 12.0 Å². The van der Waals surface area contributed by atoms with Crippen LogP contribution in [0.1, 0.15) is 12.0 Å². The molecule has 8 nitrogen and oxygen atoms in total. The highest BCUT2D eigenvalue weighted by Gasteiger charge is 2.43. The maximum atomic E-state index is 11.7. The van der Waals surface area contributed by atoms with Crippen molar-refractivity contribution in [2.45, 2.75) is 18.4 Å². The first-order chi connectivity index (χ1) is 9.52. The number of carboxylic acids is 1. The van der Waals surface area contributed by atoms with Crippen molar-refractivity contribution in [3.05, 3.63) is 18.0 Å². The third-order valence-electron chi connectivity index (χ3n) is 3.24. The molecule has 0 bridgehead atoms. The molecule has 1 unspecified atom stereocenters. The van der Waals surface area contributed by atoms with E-state index < -0.39 is 17.5 Å². The van der Waals surface area contributed by atoms with E-state index in [9.17, 15) is 14.7 Å². The number of carbonyl (C=O) groups excluding carboxylic acids is 1. The van der Waals surface area contributed by atoms with E-state index in [1.165, 1.54) is 0 Å². The zero-order valence-corrected chi connectivity index (χ0v) is 11.3. The molecule has 1 aliphatic heterocycles. The summed E-state index contributed by atoms with van der Waals surface area (Å²) in [6.07, 6.45) is 4.50. The van der Waals surface area contributed by atoms with E-state index in [-0.39, 0.29) is 13.0 Å². The topological polar surface area (TPSA) is 105 Å². The smallest absolute Gasteiger partial charge is 0.332 e. The lowest BCUT2D eigenvalue weighted by atomic mass is 9.99. The first kappa shape index (κ1) is 14.3. The Morgan fingerprint density at radius 2 is 2.40 bits per heavy atom. The standard InChI is InChI=1S/C12H18N4O4/c1-16-7-9(6-14-16)2-4-13-11(19)15-12(10(17)18)3-5-20-8-12/h6-7H,2-5,8H2,1H3,(H,17,18)(H2,13,15,19). The molecule has 0 aliphatic carbocycles. The van der Waals surface area contributed by atoms with Gasteiger partial charge in [-0.1, -0.05) is 0 Å². The molecule has 2 amide bonds. The van der Waals surface area contributed by atoms with Crippen molar-refractivity contribution in [1.29, 1.82) is 0 Å². The van der Waals surface area contributed by atoms with Crippen molar-refractivity contribution in [3.8, 4) is 0 Å². The maximum absolute atomic E-state index is 11.7. The SMILES string of the molecule is Cn1cc(CCNC(=O)NC2(C(=O)O)CCOC2)cn1. The third-order valence-corrected chi connectivity index (χ3v) is 3.24. The monoisotopic (exact) mass is 282 g/mol. The van der Waals surface area contributed by atoms with Gasteiger partial charge in [-0.05, 0) is 12.0 Å². The molecule has 1 aromatic heterocycles. The van der Waals surface area contributed by atoms with Crippen molar-refractivity contribution < 1.29 is 19.4 Å². The number of hydrogen-bond acceptors (Lipinski definition) is 4. The Balaban J connectivity index is 1.78. The van der Waals surface area contributed by atoms with E-state index in [0.29, 0.717) is 19.6 Å². The summed E-state index contributed by atoms with van der Waals surface area (Å²) in [6.45, 7) is 0.745. The van der Waals surface area contributed by atoms with E-state index in [4.69, 9.17) is 4.74 Å². The summed E-state index contributed by atoms with van der Waals surface area (Å²) in [5, 5.41) is 18.3. The minimum atomic E-state index is -1.31. The minimum absolute atomic E-state index is 0.00163. The average molecular weight is 282 g/mol. The van der Waals surface area contributed by atoms with Gasteiger partial charge in [-0.2, -0.15) is 5.10 Å². The molecule has 3 N–H and O–H groups in total. The second-order valence-electron chi connectivity index (χ2n) is 4.84. The summed E-state index contributed by atoms with van der Waals surface area (Å²) in [5.41, 5.74) is -0.303. The van der Waals surface area contributed by atoms with Crippen LogP contribution in [0.4, 0.5) is 4.79 Å². The molecule has 1 fully saturated rings. The number of aryl methyl sites for hydroxylation is 1. The normalized spacial score (nSPS) is 21.6. The fourth-order valence-electron chi connectivity index (χ4n) is 2.07. The van der Waals surface area contributed by atoms with Crippen molar-refractivity contribution in [2.24, 2.45) is 7.05 Å². The van der Waals surface area contributed by atoms with Gasteiger partial charge in [0.2, 0.25) is 0 Å². The summed E-state index contributed by atoms with van der Waals surface area (Å²) in [5.74, 6) is -1.07. The van der Waals surface area contributed by atoms with E-state index in [0.717, 1.165) is 5.56 Å². The summed E-state index contributed by atoms with van der Waals surface area (Å²) in [6, 6.07) is -0.498. The predicted octanol–water partition coefficient (Wildman–Crippen LogP) is -0.494. The Bertz CT molecular complexity index is 493. The van der Waals surface area contributed by atoms with Gasteiger partial charge in [-0.3, -0.25) is 4.68 Å². The summed E-state index contributed by atoms with van der Waals surface area (Å²) in [7, 11) is 1.82. The Hall–Kier alpha value is -2.09. The second kappa shape index (κ2) is 5.91. The third kappa shape index (κ3) is 3.27. The van der Waals surface area contributed by atoms with Gasteiger partial charge in [0.15, 0.2) is 5.54 Å². The molecule has 1 saturated heterocycles. The van der Waals surface area contributed by atoms with Crippen LogP contribution in [-0.4, -0.2) is 52.2 Å². The summed E-state index contributed by atoms with van der Waals surface area (Å²) >= 11 is 0. The molecule has 1 aromatic rings. The number of nitrogens with zero attached hydrogens (tertiary/aromatic N) is 2. The van der Waals surface area contributed by atoms with Crippen LogP contribution >= 0.6 is 0 Å². The first-order valence-corrected chi connectivity index (χ1v) is 6.36. The van der Waals surface area contributed by atoms with Crippen molar-refractivity contribution in [2.75, 3.05) is 19.8 Å². The molecule has 1 atom stereocenters. The van der Waals surface area contributed by atoms with Gasteiger partial charge in [0.1, 0.15) is 0 Å². The highest BCUT2D eigenvalue weighted by Crippen LogP contribution is 2.18. The molecule has 0 radical (unpaired) electrons. The van der Waals surface area contributed by atoms with Crippen LogP contribution in [-0.2, 0) is 23.0 Å². The minimum Gasteiger partial charge on any atom is -0.479 e. The van der Waals surface area contributed by atoms with E-state index in [1.807, 2.05) is 13.2 Å². The van der Waals surface area contributed by atoms with Gasteiger partial charge in [-0.15, -0.1) is 0 Å². The van der Waals surface area contributed by atoms with Crippen LogP contribution in [0.2, 0.25) is 0 Å². The molecule has 0 saturated carbocycles. The van der Waals surface area contributed by atoms with Crippen molar-refractivity contribution in [1.82, 2.24) is 20.4 Å². The van der Waals surface area contributed by atoms with Gasteiger partial charge in [0, 0.05) is 32.8 Å². The molecule has 2 heterocycles. The molecule has 0 aromatic carbocycles. The lowest BCUT2D eigenvalue weighted by Gasteiger charge is -2.23. The number of aromatic nitrogens is 2. The summed E-state index contributed by atoms with van der Waals surface area (Å²) < 4.78 is 6.75. The van der Waals surface area contributed by atoms with Crippen LogP contribution in [0.15, 0.2) is 12.4 Å². The number of urea groups is 1. The Kier molecular flexibility index (Phi) is 4.23. The van der Waals surface area contributed by atoms with Gasteiger partial charge in [-0.25, -0.2) is 9.59 Å². The maximum Gasteiger partial charge on any atom is 0.332 e. The van der Waals surface area contributed by atoms with Crippen LogP contribution in [0, 0.1) is 0 Å². The Morgan fingerprint density at radius 1 is 1.60 bits per heavy atom. The van der Waals surface area contributed by atoms with Crippen LogP contribution in [0.25, 0.3) is 0 Å².